The molecule has 1 N–H and O–H groups in total. The van der Waals surface area contributed by atoms with Crippen LogP contribution in [0, 0.1) is 5.82 Å². The molecule has 1 aliphatic rings. The van der Waals surface area contributed by atoms with Crippen molar-refractivity contribution in [1.82, 2.24) is 14.8 Å². The van der Waals surface area contributed by atoms with Crippen LogP contribution in [0.25, 0.3) is 0 Å². The minimum absolute atomic E-state index is 0.0996. The van der Waals surface area contributed by atoms with Crippen molar-refractivity contribution in [2.24, 2.45) is 7.05 Å². The smallest absolute Gasteiger partial charge is 0.225 e. The predicted molar refractivity (Wildman–Crippen MR) is 90.2 cm³/mol. The van der Waals surface area contributed by atoms with Crippen molar-refractivity contribution in [3.8, 4) is 0 Å². The van der Waals surface area contributed by atoms with Crippen LogP contribution in [0.15, 0.2) is 24.5 Å². The van der Waals surface area contributed by atoms with Crippen LogP contribution in [-0.2, 0) is 18.3 Å². The van der Waals surface area contributed by atoms with E-state index in [0.29, 0.717) is 12.3 Å². The van der Waals surface area contributed by atoms with Crippen molar-refractivity contribution in [3.63, 3.8) is 0 Å². The molecule has 0 radical (unpaired) electrons. The summed E-state index contributed by atoms with van der Waals surface area (Å²) in [4.78, 5) is 15.9. The van der Waals surface area contributed by atoms with Gasteiger partial charge >= 0.3 is 0 Å². The quantitative estimate of drug-likeness (QED) is 0.911. The third-order valence-corrected chi connectivity index (χ3v) is 4.59. The number of halogens is 1. The Balaban J connectivity index is 1.57. The second-order valence-electron chi connectivity index (χ2n) is 6.47. The summed E-state index contributed by atoms with van der Waals surface area (Å²) in [6.07, 6.45) is 9.66. The first-order chi connectivity index (χ1) is 11.6. The summed E-state index contributed by atoms with van der Waals surface area (Å²) in [6.45, 7) is 0. The standard InChI is InChI=1S/C18H23FN4O/c1-23-17(10-16(22-23)14-5-3-2-4-6-14)21-18(24)8-7-13-9-15(19)12-20-11-13/h9-12,14H,2-8H2,1H3,(H,21,24). The normalized spacial score (nSPS) is 15.4. The number of nitrogens with zero attached hydrogens (tertiary/aromatic N) is 3. The highest BCUT2D eigenvalue weighted by molar-refractivity contribution is 5.90. The molecule has 3 rings (SSSR count). The van der Waals surface area contributed by atoms with Gasteiger partial charge in [0.1, 0.15) is 11.6 Å². The van der Waals surface area contributed by atoms with Crippen molar-refractivity contribution >= 4 is 11.7 Å². The third kappa shape index (κ3) is 4.19. The second kappa shape index (κ2) is 7.55. The largest absolute Gasteiger partial charge is 0.311 e. The number of aryl methyl sites for hydroxylation is 2. The lowest BCUT2D eigenvalue weighted by atomic mass is 9.87. The summed E-state index contributed by atoms with van der Waals surface area (Å²) in [5, 5.41) is 7.46. The maximum atomic E-state index is 13.1. The molecule has 0 aromatic carbocycles. The molecule has 0 unspecified atom stereocenters. The van der Waals surface area contributed by atoms with Crippen LogP contribution in [0.1, 0.15) is 55.7 Å². The summed E-state index contributed by atoms with van der Waals surface area (Å²) in [6, 6.07) is 3.39. The maximum Gasteiger partial charge on any atom is 0.225 e. The Bertz CT molecular complexity index is 707. The van der Waals surface area contributed by atoms with E-state index in [9.17, 15) is 9.18 Å². The van der Waals surface area contributed by atoms with Gasteiger partial charge in [-0.25, -0.2) is 4.39 Å². The fraction of sp³-hybridized carbons (Fsp3) is 0.500. The Labute approximate surface area is 141 Å². The lowest BCUT2D eigenvalue weighted by molar-refractivity contribution is -0.116. The van der Waals surface area contributed by atoms with Crippen molar-refractivity contribution in [2.75, 3.05) is 5.32 Å². The number of amides is 1. The fourth-order valence-corrected chi connectivity index (χ4v) is 3.26. The molecule has 0 spiro atoms. The zero-order chi connectivity index (χ0) is 16.9. The summed E-state index contributed by atoms with van der Waals surface area (Å²) < 4.78 is 14.8. The Hall–Kier alpha value is -2.24. The van der Waals surface area contributed by atoms with E-state index in [2.05, 4.69) is 15.4 Å². The topological polar surface area (TPSA) is 59.8 Å². The molecule has 1 fully saturated rings. The second-order valence-corrected chi connectivity index (χ2v) is 6.47. The number of rotatable bonds is 5. The first-order valence-corrected chi connectivity index (χ1v) is 8.55. The molecular formula is C18H23FN4O. The van der Waals surface area contributed by atoms with Gasteiger partial charge < -0.3 is 5.32 Å². The molecule has 1 amide bonds. The van der Waals surface area contributed by atoms with E-state index in [1.54, 1.807) is 10.9 Å². The molecule has 2 aromatic heterocycles. The minimum atomic E-state index is -0.378. The Morgan fingerprint density at radius 3 is 2.83 bits per heavy atom. The number of hydrogen-bond acceptors (Lipinski definition) is 3. The van der Waals surface area contributed by atoms with Gasteiger partial charge in [-0.1, -0.05) is 19.3 Å². The number of nitrogens with one attached hydrogen (secondary N) is 1. The van der Waals surface area contributed by atoms with Gasteiger partial charge in [0.25, 0.3) is 0 Å². The van der Waals surface area contributed by atoms with E-state index >= 15 is 0 Å². The Kier molecular flexibility index (Phi) is 5.23. The molecule has 6 heteroatoms. The number of carbonyl (C=O) groups excluding carboxylic acids is 1. The SMILES string of the molecule is Cn1nc(C2CCCCC2)cc1NC(=O)CCc1cncc(F)c1. The van der Waals surface area contributed by atoms with Crippen LogP contribution in [-0.4, -0.2) is 20.7 Å². The first kappa shape index (κ1) is 16.6. The number of carbonyl (C=O) groups is 1. The zero-order valence-corrected chi connectivity index (χ0v) is 14.0. The summed E-state index contributed by atoms with van der Waals surface area (Å²) in [5.41, 5.74) is 1.79. The fourth-order valence-electron chi connectivity index (χ4n) is 3.26. The van der Waals surface area contributed by atoms with E-state index in [1.807, 2.05) is 13.1 Å². The maximum absolute atomic E-state index is 13.1. The average Bonchev–Trinajstić information content (AvgIpc) is 2.95. The van der Waals surface area contributed by atoms with E-state index < -0.39 is 0 Å². The Morgan fingerprint density at radius 1 is 1.29 bits per heavy atom. The Morgan fingerprint density at radius 2 is 2.08 bits per heavy atom. The molecular weight excluding hydrogens is 307 g/mol. The number of pyridine rings is 1. The minimum Gasteiger partial charge on any atom is -0.311 e. The van der Waals surface area contributed by atoms with Crippen molar-refractivity contribution in [3.05, 3.63) is 41.6 Å². The van der Waals surface area contributed by atoms with Crippen LogP contribution in [0.5, 0.6) is 0 Å². The van der Waals surface area contributed by atoms with E-state index in [4.69, 9.17) is 0 Å². The molecule has 24 heavy (non-hydrogen) atoms. The van der Waals surface area contributed by atoms with Gasteiger partial charge in [-0.3, -0.25) is 14.5 Å². The van der Waals surface area contributed by atoms with E-state index in [1.165, 1.54) is 38.2 Å². The molecule has 0 atom stereocenters. The first-order valence-electron chi connectivity index (χ1n) is 8.55. The molecule has 128 valence electrons. The lowest BCUT2D eigenvalue weighted by Crippen LogP contribution is -2.14. The molecule has 1 aliphatic carbocycles. The molecule has 0 aliphatic heterocycles. The lowest BCUT2D eigenvalue weighted by Gasteiger charge is -2.19. The predicted octanol–water partition coefficient (Wildman–Crippen LogP) is 3.57. The van der Waals surface area contributed by atoms with Gasteiger partial charge in [0.15, 0.2) is 0 Å². The highest BCUT2D eigenvalue weighted by Crippen LogP contribution is 2.32. The molecule has 0 bridgehead atoms. The molecule has 0 saturated heterocycles. The highest BCUT2D eigenvalue weighted by Gasteiger charge is 2.19. The van der Waals surface area contributed by atoms with Gasteiger partial charge in [0.05, 0.1) is 11.9 Å². The highest BCUT2D eigenvalue weighted by atomic mass is 19.1. The van der Waals surface area contributed by atoms with Crippen LogP contribution in [0.4, 0.5) is 10.2 Å². The molecule has 1 saturated carbocycles. The monoisotopic (exact) mass is 330 g/mol. The van der Waals surface area contributed by atoms with Crippen molar-refractivity contribution in [1.29, 1.82) is 0 Å². The summed E-state index contributed by atoms with van der Waals surface area (Å²) >= 11 is 0. The van der Waals surface area contributed by atoms with Crippen LogP contribution in [0.2, 0.25) is 0 Å². The third-order valence-electron chi connectivity index (χ3n) is 4.59. The van der Waals surface area contributed by atoms with Crippen molar-refractivity contribution in [2.45, 2.75) is 50.9 Å². The molecule has 2 heterocycles. The number of anilines is 1. The molecule has 2 aromatic rings. The summed E-state index contributed by atoms with van der Waals surface area (Å²) in [5.74, 6) is 0.751. The van der Waals surface area contributed by atoms with Gasteiger partial charge in [0.2, 0.25) is 5.91 Å². The van der Waals surface area contributed by atoms with Crippen LogP contribution in [0.3, 0.4) is 0 Å². The number of aromatic nitrogens is 3. The van der Waals surface area contributed by atoms with Gasteiger partial charge in [-0.05, 0) is 30.9 Å². The van der Waals surface area contributed by atoms with Gasteiger partial charge in [-0.15, -0.1) is 0 Å². The zero-order valence-electron chi connectivity index (χ0n) is 14.0. The van der Waals surface area contributed by atoms with E-state index in [0.717, 1.165) is 23.3 Å². The van der Waals surface area contributed by atoms with Crippen molar-refractivity contribution < 1.29 is 9.18 Å². The van der Waals surface area contributed by atoms with Crippen LogP contribution >= 0.6 is 0 Å². The molecule has 5 nitrogen and oxygen atoms in total. The summed E-state index contributed by atoms with van der Waals surface area (Å²) in [7, 11) is 1.85. The van der Waals surface area contributed by atoms with E-state index in [-0.39, 0.29) is 18.1 Å². The number of hydrogen-bond donors (Lipinski definition) is 1. The van der Waals surface area contributed by atoms with Crippen LogP contribution < -0.4 is 5.32 Å². The van der Waals surface area contributed by atoms with Gasteiger partial charge in [-0.2, -0.15) is 5.10 Å². The van der Waals surface area contributed by atoms with Gasteiger partial charge in [0, 0.05) is 31.6 Å². The average molecular weight is 330 g/mol.